The monoisotopic (exact) mass is 270 g/mol. The summed E-state index contributed by atoms with van der Waals surface area (Å²) in [4.78, 5) is 0. The van der Waals surface area contributed by atoms with E-state index in [1.165, 1.54) is 57.8 Å². The zero-order chi connectivity index (χ0) is 12.6. The van der Waals surface area contributed by atoms with Gasteiger partial charge in [0.1, 0.15) is 0 Å². The number of hydrogen-bond acceptors (Lipinski definition) is 1. The molecule has 1 aliphatic heterocycles. The van der Waals surface area contributed by atoms with Gasteiger partial charge in [0.25, 0.3) is 0 Å². The molecule has 3 fully saturated rings. The fourth-order valence-corrected chi connectivity index (χ4v) is 5.10. The lowest BCUT2D eigenvalue weighted by molar-refractivity contribution is -0.126. The predicted octanol–water partition coefficient (Wildman–Crippen LogP) is 4.77. The lowest BCUT2D eigenvalue weighted by Crippen LogP contribution is -2.43. The molecule has 3 rings (SSSR count). The minimum absolute atomic E-state index is 0.269. The summed E-state index contributed by atoms with van der Waals surface area (Å²) in [5, 5.41) is 0.431. The van der Waals surface area contributed by atoms with Crippen LogP contribution in [0.1, 0.15) is 64.7 Å². The Morgan fingerprint density at radius 1 is 1.06 bits per heavy atom. The van der Waals surface area contributed by atoms with Gasteiger partial charge < -0.3 is 4.74 Å². The molecule has 1 spiro atoms. The van der Waals surface area contributed by atoms with Gasteiger partial charge in [-0.2, -0.15) is 0 Å². The van der Waals surface area contributed by atoms with Crippen molar-refractivity contribution in [2.45, 2.75) is 75.7 Å². The molecule has 0 aromatic heterocycles. The molecule has 1 nitrogen and oxygen atoms in total. The lowest BCUT2D eigenvalue weighted by atomic mass is 9.70. The topological polar surface area (TPSA) is 9.23 Å². The molecule has 4 unspecified atom stereocenters. The highest BCUT2D eigenvalue weighted by Gasteiger charge is 2.44. The molecule has 0 N–H and O–H groups in total. The maximum Gasteiger partial charge on any atom is 0.0685 e. The maximum absolute atomic E-state index is 6.42. The summed E-state index contributed by atoms with van der Waals surface area (Å²) in [6.07, 6.45) is 12.0. The average Bonchev–Trinajstić information content (AvgIpc) is 2.71. The Kier molecular flexibility index (Phi) is 3.92. The SMILES string of the molecule is CC1C(Cl)CCC1C1CCOC2(CCCCC2)C1. The molecule has 0 amide bonds. The summed E-state index contributed by atoms with van der Waals surface area (Å²) in [7, 11) is 0. The van der Waals surface area contributed by atoms with E-state index in [1.807, 2.05) is 0 Å². The van der Waals surface area contributed by atoms with E-state index in [0.29, 0.717) is 5.38 Å². The van der Waals surface area contributed by atoms with Crippen molar-refractivity contribution in [2.24, 2.45) is 17.8 Å². The zero-order valence-electron chi connectivity index (χ0n) is 11.7. The van der Waals surface area contributed by atoms with Crippen molar-refractivity contribution < 1.29 is 4.74 Å². The molecule has 18 heavy (non-hydrogen) atoms. The Morgan fingerprint density at radius 2 is 1.83 bits per heavy atom. The highest BCUT2D eigenvalue weighted by molar-refractivity contribution is 6.20. The molecule has 1 saturated heterocycles. The summed E-state index contributed by atoms with van der Waals surface area (Å²) in [6, 6.07) is 0. The third-order valence-electron chi connectivity index (χ3n) is 5.92. The van der Waals surface area contributed by atoms with E-state index in [0.717, 1.165) is 24.4 Å². The van der Waals surface area contributed by atoms with Gasteiger partial charge in [0.15, 0.2) is 0 Å². The van der Waals surface area contributed by atoms with Crippen LogP contribution in [0, 0.1) is 17.8 Å². The Morgan fingerprint density at radius 3 is 2.50 bits per heavy atom. The molecular formula is C16H27ClO. The Balaban J connectivity index is 1.66. The van der Waals surface area contributed by atoms with Gasteiger partial charge in [0.05, 0.1) is 5.60 Å². The Bertz CT molecular complexity index is 279. The molecule has 0 aromatic carbocycles. The van der Waals surface area contributed by atoms with Crippen LogP contribution in [0.25, 0.3) is 0 Å². The first kappa shape index (κ1) is 13.2. The second-order valence-electron chi connectivity index (χ2n) is 6.96. The minimum atomic E-state index is 0.269. The smallest absolute Gasteiger partial charge is 0.0685 e. The van der Waals surface area contributed by atoms with E-state index in [1.54, 1.807) is 0 Å². The lowest BCUT2D eigenvalue weighted by Gasteiger charge is -2.45. The van der Waals surface area contributed by atoms with Crippen molar-refractivity contribution in [3.8, 4) is 0 Å². The molecule has 0 aromatic rings. The van der Waals surface area contributed by atoms with E-state index in [-0.39, 0.29) is 5.60 Å². The molecule has 2 heteroatoms. The molecule has 3 aliphatic rings. The number of alkyl halides is 1. The molecule has 104 valence electrons. The zero-order valence-corrected chi connectivity index (χ0v) is 12.4. The Labute approximate surface area is 117 Å². The fraction of sp³-hybridized carbons (Fsp3) is 1.00. The van der Waals surface area contributed by atoms with Gasteiger partial charge in [0, 0.05) is 12.0 Å². The summed E-state index contributed by atoms with van der Waals surface area (Å²) < 4.78 is 6.23. The van der Waals surface area contributed by atoms with Crippen molar-refractivity contribution in [1.29, 1.82) is 0 Å². The van der Waals surface area contributed by atoms with Gasteiger partial charge in [-0.3, -0.25) is 0 Å². The van der Waals surface area contributed by atoms with Crippen LogP contribution < -0.4 is 0 Å². The normalized spacial score (nSPS) is 44.3. The van der Waals surface area contributed by atoms with Crippen LogP contribution in [-0.4, -0.2) is 17.6 Å². The van der Waals surface area contributed by atoms with E-state index in [2.05, 4.69) is 6.92 Å². The number of halogens is 1. The van der Waals surface area contributed by atoms with Gasteiger partial charge in [-0.25, -0.2) is 0 Å². The third kappa shape index (κ3) is 2.45. The van der Waals surface area contributed by atoms with Gasteiger partial charge >= 0.3 is 0 Å². The standard InChI is InChI=1S/C16H27ClO/c1-12-14(5-6-15(12)17)13-7-10-18-16(11-13)8-3-2-4-9-16/h12-15H,2-11H2,1H3. The van der Waals surface area contributed by atoms with Crippen molar-refractivity contribution in [2.75, 3.05) is 6.61 Å². The molecule has 2 saturated carbocycles. The summed E-state index contributed by atoms with van der Waals surface area (Å²) in [5.41, 5.74) is 0.269. The molecule has 0 bridgehead atoms. The van der Waals surface area contributed by atoms with Crippen LogP contribution in [0.15, 0.2) is 0 Å². The average molecular weight is 271 g/mol. The highest BCUT2D eigenvalue weighted by atomic mass is 35.5. The van der Waals surface area contributed by atoms with Crippen LogP contribution >= 0.6 is 11.6 Å². The molecule has 2 aliphatic carbocycles. The largest absolute Gasteiger partial charge is 0.375 e. The quantitative estimate of drug-likeness (QED) is 0.624. The van der Waals surface area contributed by atoms with Crippen LogP contribution in [0.5, 0.6) is 0 Å². The van der Waals surface area contributed by atoms with Gasteiger partial charge in [-0.05, 0) is 56.3 Å². The van der Waals surface area contributed by atoms with Crippen molar-refractivity contribution in [1.82, 2.24) is 0 Å². The highest BCUT2D eigenvalue weighted by Crippen LogP contribution is 2.48. The van der Waals surface area contributed by atoms with Crippen LogP contribution in [0.2, 0.25) is 0 Å². The second kappa shape index (κ2) is 5.32. The predicted molar refractivity (Wildman–Crippen MR) is 76.0 cm³/mol. The van der Waals surface area contributed by atoms with Crippen LogP contribution in [0.3, 0.4) is 0 Å². The maximum atomic E-state index is 6.42. The fourth-order valence-electron chi connectivity index (χ4n) is 4.79. The van der Waals surface area contributed by atoms with Crippen molar-refractivity contribution in [3.05, 3.63) is 0 Å². The molecule has 1 heterocycles. The number of hydrogen-bond donors (Lipinski definition) is 0. The Hall–Kier alpha value is 0.250. The first-order valence-corrected chi connectivity index (χ1v) is 8.42. The molecular weight excluding hydrogens is 244 g/mol. The molecule has 0 radical (unpaired) electrons. The summed E-state index contributed by atoms with van der Waals surface area (Å²) in [5.74, 6) is 2.47. The number of rotatable bonds is 1. The molecule has 4 atom stereocenters. The summed E-state index contributed by atoms with van der Waals surface area (Å²) in [6.45, 7) is 3.37. The van der Waals surface area contributed by atoms with E-state index < -0.39 is 0 Å². The van der Waals surface area contributed by atoms with E-state index >= 15 is 0 Å². The van der Waals surface area contributed by atoms with E-state index in [9.17, 15) is 0 Å². The first-order chi connectivity index (χ1) is 8.70. The minimum Gasteiger partial charge on any atom is -0.375 e. The second-order valence-corrected chi connectivity index (χ2v) is 7.52. The van der Waals surface area contributed by atoms with Crippen molar-refractivity contribution in [3.63, 3.8) is 0 Å². The van der Waals surface area contributed by atoms with Crippen molar-refractivity contribution >= 4 is 11.6 Å². The van der Waals surface area contributed by atoms with Crippen LogP contribution in [-0.2, 0) is 4.74 Å². The summed E-state index contributed by atoms with van der Waals surface area (Å²) >= 11 is 6.42. The van der Waals surface area contributed by atoms with Gasteiger partial charge in [-0.1, -0.05) is 26.2 Å². The van der Waals surface area contributed by atoms with Gasteiger partial charge in [-0.15, -0.1) is 11.6 Å². The third-order valence-corrected chi connectivity index (χ3v) is 6.54. The first-order valence-electron chi connectivity index (χ1n) is 7.98. The van der Waals surface area contributed by atoms with Gasteiger partial charge in [0.2, 0.25) is 0 Å². The van der Waals surface area contributed by atoms with Crippen LogP contribution in [0.4, 0.5) is 0 Å². The van der Waals surface area contributed by atoms with E-state index in [4.69, 9.17) is 16.3 Å². The number of ether oxygens (including phenoxy) is 1.